The lowest BCUT2D eigenvalue weighted by atomic mass is 10.1. The highest BCUT2D eigenvalue weighted by Gasteiger charge is 2.09. The first-order valence-electron chi connectivity index (χ1n) is 8.99. The van der Waals surface area contributed by atoms with Crippen molar-refractivity contribution in [3.63, 3.8) is 0 Å². The number of hydrogen-bond acceptors (Lipinski definition) is 2. The highest BCUT2D eigenvalue weighted by Crippen LogP contribution is 2.12. The molecule has 0 fully saturated rings. The SMILES string of the molecule is CCNC(=NCc1ccc(C)cc1C)NCCc1c(C)nn(C)c1C.I. The maximum Gasteiger partial charge on any atom is 0.191 e. The van der Waals surface area contributed by atoms with Gasteiger partial charge in [0.25, 0.3) is 0 Å². The summed E-state index contributed by atoms with van der Waals surface area (Å²) in [7, 11) is 1.99. The highest BCUT2D eigenvalue weighted by atomic mass is 127. The molecule has 0 spiro atoms. The smallest absolute Gasteiger partial charge is 0.191 e. The predicted molar refractivity (Wildman–Crippen MR) is 121 cm³/mol. The Morgan fingerprint density at radius 3 is 2.46 bits per heavy atom. The molecule has 0 amide bonds. The third kappa shape index (κ3) is 6.00. The summed E-state index contributed by atoms with van der Waals surface area (Å²) in [6.45, 7) is 12.9. The molecule has 2 N–H and O–H groups in total. The van der Waals surface area contributed by atoms with Gasteiger partial charge in [-0.15, -0.1) is 24.0 Å². The van der Waals surface area contributed by atoms with Gasteiger partial charge in [0.2, 0.25) is 0 Å². The van der Waals surface area contributed by atoms with Gasteiger partial charge in [-0.25, -0.2) is 4.99 Å². The Labute approximate surface area is 174 Å². The molecule has 1 heterocycles. The van der Waals surface area contributed by atoms with Crippen LogP contribution in [0.15, 0.2) is 23.2 Å². The van der Waals surface area contributed by atoms with Crippen molar-refractivity contribution in [3.05, 3.63) is 51.8 Å². The quantitative estimate of drug-likeness (QED) is 0.387. The molecule has 0 bridgehead atoms. The standard InChI is InChI=1S/C20H31N5.HI/c1-7-21-20(23-13-18-9-8-14(2)12-15(18)3)22-11-10-19-16(4)24-25(6)17(19)5;/h8-9,12H,7,10-11,13H2,1-6H3,(H2,21,22,23);1H. The first-order valence-corrected chi connectivity index (χ1v) is 8.99. The number of hydrogen-bond donors (Lipinski definition) is 2. The van der Waals surface area contributed by atoms with Gasteiger partial charge < -0.3 is 10.6 Å². The Bertz CT molecular complexity index is 749. The van der Waals surface area contributed by atoms with E-state index >= 15 is 0 Å². The van der Waals surface area contributed by atoms with E-state index in [1.54, 1.807) is 0 Å². The Kier molecular flexibility index (Phi) is 9.12. The molecule has 0 aliphatic carbocycles. The first-order chi connectivity index (χ1) is 11.9. The van der Waals surface area contributed by atoms with Gasteiger partial charge >= 0.3 is 0 Å². The third-order valence-corrected chi connectivity index (χ3v) is 4.58. The molecule has 1 aromatic heterocycles. The number of aliphatic imine (C=N–C) groups is 1. The van der Waals surface area contributed by atoms with Crippen LogP contribution in [0.5, 0.6) is 0 Å². The number of benzene rings is 1. The van der Waals surface area contributed by atoms with Crippen molar-refractivity contribution in [3.8, 4) is 0 Å². The fourth-order valence-corrected chi connectivity index (χ4v) is 3.01. The van der Waals surface area contributed by atoms with E-state index in [4.69, 9.17) is 4.99 Å². The fourth-order valence-electron chi connectivity index (χ4n) is 3.01. The number of nitrogens with zero attached hydrogens (tertiary/aromatic N) is 3. The first kappa shape index (κ1) is 22.5. The van der Waals surface area contributed by atoms with Crippen LogP contribution in [0.1, 0.15) is 40.6 Å². The minimum absolute atomic E-state index is 0. The Morgan fingerprint density at radius 2 is 1.88 bits per heavy atom. The molecule has 6 heteroatoms. The number of guanidine groups is 1. The zero-order valence-electron chi connectivity index (χ0n) is 16.8. The molecule has 0 saturated carbocycles. The zero-order valence-corrected chi connectivity index (χ0v) is 19.1. The van der Waals surface area contributed by atoms with Gasteiger partial charge in [0.05, 0.1) is 12.2 Å². The van der Waals surface area contributed by atoms with E-state index < -0.39 is 0 Å². The lowest BCUT2D eigenvalue weighted by Gasteiger charge is -2.12. The summed E-state index contributed by atoms with van der Waals surface area (Å²) < 4.78 is 1.95. The molecule has 2 rings (SSSR count). The second-order valence-corrected chi connectivity index (χ2v) is 6.57. The van der Waals surface area contributed by atoms with Crippen LogP contribution < -0.4 is 10.6 Å². The number of nitrogens with one attached hydrogen (secondary N) is 2. The Hall–Kier alpha value is -1.57. The topological polar surface area (TPSA) is 54.2 Å². The zero-order chi connectivity index (χ0) is 18.4. The normalized spacial score (nSPS) is 11.2. The maximum absolute atomic E-state index is 4.73. The van der Waals surface area contributed by atoms with Crippen molar-refractivity contribution in [2.45, 2.75) is 47.6 Å². The highest BCUT2D eigenvalue weighted by molar-refractivity contribution is 14.0. The van der Waals surface area contributed by atoms with Crippen LogP contribution in [-0.4, -0.2) is 28.8 Å². The van der Waals surface area contributed by atoms with Gasteiger partial charge in [-0.2, -0.15) is 5.10 Å². The molecule has 1 aromatic carbocycles. The summed E-state index contributed by atoms with van der Waals surface area (Å²) in [6.07, 6.45) is 0.944. The molecule has 0 aliphatic rings. The summed E-state index contributed by atoms with van der Waals surface area (Å²) >= 11 is 0. The summed E-state index contributed by atoms with van der Waals surface area (Å²) in [5.74, 6) is 0.863. The van der Waals surface area contributed by atoms with Crippen molar-refractivity contribution in [2.75, 3.05) is 13.1 Å². The van der Waals surface area contributed by atoms with Crippen molar-refractivity contribution in [1.82, 2.24) is 20.4 Å². The molecular formula is C20H32IN5. The monoisotopic (exact) mass is 469 g/mol. The minimum atomic E-state index is 0. The second-order valence-electron chi connectivity index (χ2n) is 6.57. The molecule has 0 radical (unpaired) electrons. The van der Waals surface area contributed by atoms with E-state index in [1.807, 2.05) is 11.7 Å². The second kappa shape index (κ2) is 10.5. The van der Waals surface area contributed by atoms with Crippen LogP contribution in [-0.2, 0) is 20.0 Å². The summed E-state index contributed by atoms with van der Waals surface area (Å²) in [4.78, 5) is 4.73. The van der Waals surface area contributed by atoms with Crippen LogP contribution in [0, 0.1) is 27.7 Å². The van der Waals surface area contributed by atoms with E-state index in [9.17, 15) is 0 Å². The van der Waals surface area contributed by atoms with Gasteiger partial charge in [-0.05, 0) is 57.7 Å². The third-order valence-electron chi connectivity index (χ3n) is 4.58. The van der Waals surface area contributed by atoms with Crippen molar-refractivity contribution >= 4 is 29.9 Å². The lowest BCUT2D eigenvalue weighted by molar-refractivity contribution is 0.729. The molecule has 0 atom stereocenters. The van der Waals surface area contributed by atoms with Gasteiger partial charge in [-0.3, -0.25) is 4.68 Å². The maximum atomic E-state index is 4.73. The predicted octanol–water partition coefficient (Wildman–Crippen LogP) is 3.57. The molecular weight excluding hydrogens is 437 g/mol. The van der Waals surface area contributed by atoms with Crippen molar-refractivity contribution < 1.29 is 0 Å². The molecule has 0 unspecified atom stereocenters. The van der Waals surface area contributed by atoms with Crippen LogP contribution in [0.2, 0.25) is 0 Å². The average Bonchev–Trinajstić information content (AvgIpc) is 2.80. The van der Waals surface area contributed by atoms with Crippen LogP contribution in [0.3, 0.4) is 0 Å². The molecule has 26 heavy (non-hydrogen) atoms. The summed E-state index contributed by atoms with van der Waals surface area (Å²) in [5, 5.41) is 11.2. The van der Waals surface area contributed by atoms with Gasteiger partial charge in [-0.1, -0.05) is 23.8 Å². The number of aryl methyl sites for hydroxylation is 4. The van der Waals surface area contributed by atoms with Gasteiger partial charge in [0, 0.05) is 25.8 Å². The molecule has 0 aliphatic heterocycles. The van der Waals surface area contributed by atoms with Gasteiger partial charge in [0.15, 0.2) is 5.96 Å². The Balaban J connectivity index is 0.00000338. The summed E-state index contributed by atoms with van der Waals surface area (Å²) in [5.41, 5.74) is 7.51. The lowest BCUT2D eigenvalue weighted by Crippen LogP contribution is -2.38. The van der Waals surface area contributed by atoms with E-state index in [2.05, 4.69) is 68.6 Å². The molecule has 2 aromatic rings. The van der Waals surface area contributed by atoms with Crippen LogP contribution in [0.4, 0.5) is 0 Å². The minimum Gasteiger partial charge on any atom is -0.357 e. The van der Waals surface area contributed by atoms with E-state index in [0.29, 0.717) is 6.54 Å². The number of halogens is 1. The van der Waals surface area contributed by atoms with Crippen molar-refractivity contribution in [2.24, 2.45) is 12.0 Å². The van der Waals surface area contributed by atoms with Gasteiger partial charge in [0.1, 0.15) is 0 Å². The molecule has 5 nitrogen and oxygen atoms in total. The van der Waals surface area contributed by atoms with E-state index in [0.717, 1.165) is 31.2 Å². The van der Waals surface area contributed by atoms with E-state index in [1.165, 1.54) is 27.9 Å². The van der Waals surface area contributed by atoms with Crippen molar-refractivity contribution in [1.29, 1.82) is 0 Å². The fraction of sp³-hybridized carbons (Fsp3) is 0.500. The largest absolute Gasteiger partial charge is 0.357 e. The van der Waals surface area contributed by atoms with Crippen LogP contribution in [0.25, 0.3) is 0 Å². The summed E-state index contributed by atoms with van der Waals surface area (Å²) in [6, 6.07) is 6.52. The number of rotatable bonds is 6. The van der Waals surface area contributed by atoms with E-state index in [-0.39, 0.29) is 24.0 Å². The average molecular weight is 469 g/mol. The Morgan fingerprint density at radius 1 is 1.15 bits per heavy atom. The van der Waals surface area contributed by atoms with Crippen LogP contribution >= 0.6 is 24.0 Å². The number of aromatic nitrogens is 2. The molecule has 0 saturated heterocycles. The molecule has 144 valence electrons.